The van der Waals surface area contributed by atoms with Gasteiger partial charge in [0, 0.05) is 30.3 Å². The van der Waals surface area contributed by atoms with E-state index in [1.165, 1.54) is 13.0 Å². The van der Waals surface area contributed by atoms with Crippen LogP contribution < -0.4 is 10.2 Å². The summed E-state index contributed by atoms with van der Waals surface area (Å²) in [5.41, 5.74) is 4.79. The van der Waals surface area contributed by atoms with Crippen LogP contribution in [0.4, 0.5) is 11.4 Å². The van der Waals surface area contributed by atoms with Crippen LogP contribution in [0.3, 0.4) is 0 Å². The molecule has 0 spiro atoms. The van der Waals surface area contributed by atoms with Crippen molar-refractivity contribution in [1.82, 2.24) is 4.98 Å². The average Bonchev–Trinajstić information content (AvgIpc) is 3.24. The lowest BCUT2D eigenvalue weighted by atomic mass is 10.0. The van der Waals surface area contributed by atoms with Crippen LogP contribution >= 0.6 is 0 Å². The van der Waals surface area contributed by atoms with Gasteiger partial charge in [0.25, 0.3) is 11.8 Å². The van der Waals surface area contributed by atoms with E-state index >= 15 is 0 Å². The number of ketones is 1. The number of nitrogens with one attached hydrogen (secondary N) is 1. The van der Waals surface area contributed by atoms with Crippen LogP contribution in [0.1, 0.15) is 40.0 Å². The van der Waals surface area contributed by atoms with Gasteiger partial charge in [-0.3, -0.25) is 14.4 Å². The van der Waals surface area contributed by atoms with Gasteiger partial charge in [0.2, 0.25) is 11.7 Å². The molecule has 2 heterocycles. The first-order chi connectivity index (χ1) is 17.5. The van der Waals surface area contributed by atoms with E-state index in [1.54, 1.807) is 47.4 Å². The maximum Gasteiger partial charge on any atom is 0.268 e. The number of oxazole rings is 1. The molecule has 0 radical (unpaired) electrons. The zero-order chi connectivity index (χ0) is 25.1. The van der Waals surface area contributed by atoms with E-state index in [4.69, 9.17) is 4.42 Å². The Kier molecular flexibility index (Phi) is 6.28. The summed E-state index contributed by atoms with van der Waals surface area (Å²) in [6.07, 6.45) is 5.82. The van der Waals surface area contributed by atoms with Gasteiger partial charge < -0.3 is 14.6 Å². The highest BCUT2D eigenvalue weighted by Gasteiger charge is 2.23. The number of hydrogen-bond acceptors (Lipinski definition) is 5. The minimum Gasteiger partial charge on any atom is -0.433 e. The van der Waals surface area contributed by atoms with E-state index in [0.717, 1.165) is 16.8 Å². The highest BCUT2D eigenvalue weighted by molar-refractivity contribution is 6.09. The predicted molar refractivity (Wildman–Crippen MR) is 139 cm³/mol. The monoisotopic (exact) mass is 477 g/mol. The van der Waals surface area contributed by atoms with Crippen LogP contribution in [0.25, 0.3) is 16.7 Å². The topological polar surface area (TPSA) is 92.5 Å². The average molecular weight is 478 g/mol. The normalized spacial score (nSPS) is 13.2. The third kappa shape index (κ3) is 4.72. The standard InChI is InChI=1S/C29H23N3O4/c1-19(33)30-22-15-12-21(13-16-22)29(35)32-18-6-7-20(23-8-2-4-10-25(23)32)14-17-26(34)28-31-24-9-3-5-11-27(24)36-28/h2-5,7-17H,6,18H2,1H3,(H,30,33). The van der Waals surface area contributed by atoms with Gasteiger partial charge >= 0.3 is 0 Å². The Morgan fingerprint density at radius 3 is 2.50 bits per heavy atom. The van der Waals surface area contributed by atoms with E-state index in [1.807, 2.05) is 42.5 Å². The maximum atomic E-state index is 13.4. The molecule has 0 fully saturated rings. The summed E-state index contributed by atoms with van der Waals surface area (Å²) in [6, 6.07) is 21.7. The number of nitrogens with zero attached hydrogens (tertiary/aromatic N) is 2. The summed E-state index contributed by atoms with van der Waals surface area (Å²) in [5, 5.41) is 2.71. The zero-order valence-corrected chi connectivity index (χ0v) is 19.6. The fourth-order valence-corrected chi connectivity index (χ4v) is 4.17. The molecule has 0 aliphatic carbocycles. The van der Waals surface area contributed by atoms with E-state index < -0.39 is 0 Å². The zero-order valence-electron chi connectivity index (χ0n) is 19.6. The van der Waals surface area contributed by atoms with Crippen molar-refractivity contribution < 1.29 is 18.8 Å². The second-order valence-electron chi connectivity index (χ2n) is 8.36. The molecule has 0 atom stereocenters. The smallest absolute Gasteiger partial charge is 0.268 e. The molecule has 0 bridgehead atoms. The van der Waals surface area contributed by atoms with Crippen molar-refractivity contribution in [3.63, 3.8) is 0 Å². The lowest BCUT2D eigenvalue weighted by Crippen LogP contribution is -2.31. The third-order valence-corrected chi connectivity index (χ3v) is 5.84. The number of aromatic nitrogens is 1. The molecule has 178 valence electrons. The summed E-state index contributed by atoms with van der Waals surface area (Å²) in [4.78, 5) is 43.4. The molecule has 7 heteroatoms. The number of benzene rings is 3. The van der Waals surface area contributed by atoms with Crippen LogP contribution in [0, 0.1) is 0 Å². The number of carbonyl (C=O) groups excluding carboxylic acids is 3. The Labute approximate surface area is 207 Å². The highest BCUT2D eigenvalue weighted by Crippen LogP contribution is 2.32. The van der Waals surface area contributed by atoms with Gasteiger partial charge in [-0.1, -0.05) is 42.5 Å². The first-order valence-corrected chi connectivity index (χ1v) is 11.6. The molecule has 4 aromatic rings. The van der Waals surface area contributed by atoms with Gasteiger partial charge in [-0.05, 0) is 60.5 Å². The van der Waals surface area contributed by atoms with Crippen LogP contribution in [0.2, 0.25) is 0 Å². The number of carbonyl (C=O) groups is 3. The molecule has 3 aromatic carbocycles. The van der Waals surface area contributed by atoms with Gasteiger partial charge in [-0.2, -0.15) is 0 Å². The molecule has 1 N–H and O–H groups in total. The van der Waals surface area contributed by atoms with Crippen molar-refractivity contribution in [3.05, 3.63) is 108 Å². The van der Waals surface area contributed by atoms with Crippen LogP contribution in [0.15, 0.2) is 95.4 Å². The number of amides is 2. The lowest BCUT2D eigenvalue weighted by molar-refractivity contribution is -0.114. The number of anilines is 2. The largest absolute Gasteiger partial charge is 0.433 e. The Balaban J connectivity index is 1.39. The Morgan fingerprint density at radius 1 is 0.972 bits per heavy atom. The van der Waals surface area contributed by atoms with Crippen molar-refractivity contribution in [2.75, 3.05) is 16.8 Å². The molecule has 1 aromatic heterocycles. The highest BCUT2D eigenvalue weighted by atomic mass is 16.4. The number of allylic oxidation sites excluding steroid dienone is 3. The summed E-state index contributed by atoms with van der Waals surface area (Å²) < 4.78 is 5.58. The molecule has 0 saturated heterocycles. The summed E-state index contributed by atoms with van der Waals surface area (Å²) in [7, 11) is 0. The molecular weight excluding hydrogens is 454 g/mol. The van der Waals surface area contributed by atoms with Crippen molar-refractivity contribution in [1.29, 1.82) is 0 Å². The van der Waals surface area contributed by atoms with Gasteiger partial charge in [0.1, 0.15) is 5.52 Å². The molecule has 7 nitrogen and oxygen atoms in total. The van der Waals surface area contributed by atoms with Crippen molar-refractivity contribution >= 4 is 45.6 Å². The third-order valence-electron chi connectivity index (χ3n) is 5.84. The van der Waals surface area contributed by atoms with E-state index in [2.05, 4.69) is 10.3 Å². The van der Waals surface area contributed by atoms with Gasteiger partial charge in [-0.25, -0.2) is 4.98 Å². The first kappa shape index (κ1) is 23.0. The number of para-hydroxylation sites is 3. The molecule has 2 amide bonds. The lowest BCUT2D eigenvalue weighted by Gasteiger charge is -2.23. The first-order valence-electron chi connectivity index (χ1n) is 11.6. The van der Waals surface area contributed by atoms with Crippen molar-refractivity contribution in [3.8, 4) is 0 Å². The minimum absolute atomic E-state index is 0.0365. The van der Waals surface area contributed by atoms with Gasteiger partial charge in [0.15, 0.2) is 5.58 Å². The number of rotatable bonds is 5. The van der Waals surface area contributed by atoms with E-state index in [-0.39, 0.29) is 23.5 Å². The quantitative estimate of drug-likeness (QED) is 0.296. The summed E-state index contributed by atoms with van der Waals surface area (Å²) in [6.45, 7) is 1.92. The Morgan fingerprint density at radius 2 is 1.72 bits per heavy atom. The molecule has 1 aliphatic heterocycles. The molecular formula is C29H23N3O4. The fraction of sp³-hybridized carbons (Fsp3) is 0.103. The number of fused-ring (bicyclic) bond motifs is 2. The molecule has 0 unspecified atom stereocenters. The maximum absolute atomic E-state index is 13.4. The minimum atomic E-state index is -0.332. The predicted octanol–water partition coefficient (Wildman–Crippen LogP) is 5.66. The Hall–Kier alpha value is -4.78. The van der Waals surface area contributed by atoms with E-state index in [9.17, 15) is 14.4 Å². The van der Waals surface area contributed by atoms with E-state index in [0.29, 0.717) is 35.3 Å². The summed E-state index contributed by atoms with van der Waals surface area (Å²) >= 11 is 0. The molecule has 36 heavy (non-hydrogen) atoms. The fourth-order valence-electron chi connectivity index (χ4n) is 4.17. The molecule has 5 rings (SSSR count). The van der Waals surface area contributed by atoms with Crippen molar-refractivity contribution in [2.24, 2.45) is 0 Å². The van der Waals surface area contributed by atoms with Crippen molar-refractivity contribution in [2.45, 2.75) is 13.3 Å². The second kappa shape index (κ2) is 9.84. The molecule has 1 aliphatic rings. The van der Waals surface area contributed by atoms with Gasteiger partial charge in [-0.15, -0.1) is 0 Å². The summed E-state index contributed by atoms with van der Waals surface area (Å²) in [5.74, 6) is -0.606. The SMILES string of the molecule is CC(=O)Nc1ccc(C(=O)N2CCC=C(C=CC(=O)c3nc4ccccc4o3)c3ccccc32)cc1. The second-order valence-corrected chi connectivity index (χ2v) is 8.36. The molecule has 0 saturated carbocycles. The van der Waals surface area contributed by atoms with Crippen LogP contribution in [-0.4, -0.2) is 29.1 Å². The van der Waals surface area contributed by atoms with Crippen LogP contribution in [-0.2, 0) is 4.79 Å². The van der Waals surface area contributed by atoms with Crippen LogP contribution in [0.5, 0.6) is 0 Å². The Bertz CT molecular complexity index is 1500. The van der Waals surface area contributed by atoms with Gasteiger partial charge in [0.05, 0.1) is 5.69 Å². The number of hydrogen-bond donors (Lipinski definition) is 1.